The number of aromatic nitrogens is 1. The Balaban J connectivity index is 2.18. The summed E-state index contributed by atoms with van der Waals surface area (Å²) in [6.45, 7) is 6.59. The van der Waals surface area contributed by atoms with Crippen molar-refractivity contribution >= 4 is 10.8 Å². The summed E-state index contributed by atoms with van der Waals surface area (Å²) in [6, 6.07) is 5.67. The SMILES string of the molecule is CCN(C)CCOc1ccc2c(C)c[nH]c(=O)c2c1. The number of H-pyrrole nitrogens is 1. The first-order chi connectivity index (χ1) is 9.11. The normalized spacial score (nSPS) is 11.2. The highest BCUT2D eigenvalue weighted by Crippen LogP contribution is 2.20. The number of hydrogen-bond acceptors (Lipinski definition) is 3. The molecule has 4 nitrogen and oxygen atoms in total. The van der Waals surface area contributed by atoms with Crippen molar-refractivity contribution < 1.29 is 4.74 Å². The van der Waals surface area contributed by atoms with Crippen LogP contribution >= 0.6 is 0 Å². The lowest BCUT2D eigenvalue weighted by Crippen LogP contribution is -2.23. The van der Waals surface area contributed by atoms with Gasteiger partial charge in [-0.3, -0.25) is 4.79 Å². The van der Waals surface area contributed by atoms with Crippen LogP contribution < -0.4 is 10.3 Å². The molecule has 4 heteroatoms. The van der Waals surface area contributed by atoms with Crippen LogP contribution in [0.1, 0.15) is 12.5 Å². The molecule has 0 radical (unpaired) electrons. The summed E-state index contributed by atoms with van der Waals surface area (Å²) >= 11 is 0. The Morgan fingerprint density at radius 1 is 1.32 bits per heavy atom. The minimum Gasteiger partial charge on any atom is -0.492 e. The Bertz CT molecular complexity index is 619. The monoisotopic (exact) mass is 260 g/mol. The van der Waals surface area contributed by atoms with Gasteiger partial charge in [-0.2, -0.15) is 0 Å². The molecule has 102 valence electrons. The second-order valence-electron chi connectivity index (χ2n) is 4.75. The highest BCUT2D eigenvalue weighted by molar-refractivity contribution is 5.85. The minimum atomic E-state index is -0.0725. The lowest BCUT2D eigenvalue weighted by molar-refractivity contribution is 0.244. The van der Waals surface area contributed by atoms with Crippen molar-refractivity contribution in [3.8, 4) is 5.75 Å². The number of hydrogen-bond donors (Lipinski definition) is 1. The molecule has 0 spiro atoms. The highest BCUT2D eigenvalue weighted by atomic mass is 16.5. The summed E-state index contributed by atoms with van der Waals surface area (Å²) in [7, 11) is 2.05. The van der Waals surface area contributed by atoms with Crippen LogP contribution in [0, 0.1) is 6.92 Å². The Labute approximate surface area is 113 Å². The number of nitrogens with zero attached hydrogens (tertiary/aromatic N) is 1. The van der Waals surface area contributed by atoms with Crippen molar-refractivity contribution in [2.24, 2.45) is 0 Å². The molecule has 19 heavy (non-hydrogen) atoms. The van der Waals surface area contributed by atoms with Gasteiger partial charge in [-0.05, 0) is 43.6 Å². The summed E-state index contributed by atoms with van der Waals surface area (Å²) in [4.78, 5) is 16.7. The molecular weight excluding hydrogens is 240 g/mol. The van der Waals surface area contributed by atoms with E-state index in [0.717, 1.165) is 29.8 Å². The second-order valence-corrected chi connectivity index (χ2v) is 4.75. The van der Waals surface area contributed by atoms with Crippen molar-refractivity contribution in [1.82, 2.24) is 9.88 Å². The van der Waals surface area contributed by atoms with Crippen LogP contribution in [-0.4, -0.2) is 36.6 Å². The van der Waals surface area contributed by atoms with E-state index in [1.807, 2.05) is 25.1 Å². The lowest BCUT2D eigenvalue weighted by Gasteiger charge is -2.14. The molecule has 1 aromatic carbocycles. The van der Waals surface area contributed by atoms with E-state index in [9.17, 15) is 4.79 Å². The van der Waals surface area contributed by atoms with Gasteiger partial charge in [0, 0.05) is 12.7 Å². The van der Waals surface area contributed by atoms with E-state index in [0.29, 0.717) is 12.0 Å². The first kappa shape index (κ1) is 13.6. The molecule has 0 amide bonds. The maximum atomic E-state index is 11.8. The van der Waals surface area contributed by atoms with Crippen LogP contribution in [0.25, 0.3) is 10.8 Å². The van der Waals surface area contributed by atoms with Crippen LogP contribution in [-0.2, 0) is 0 Å². The molecule has 0 aliphatic rings. The molecule has 1 N–H and O–H groups in total. The molecule has 1 heterocycles. The van der Waals surface area contributed by atoms with Crippen molar-refractivity contribution in [2.45, 2.75) is 13.8 Å². The van der Waals surface area contributed by atoms with E-state index in [1.54, 1.807) is 6.20 Å². The fourth-order valence-corrected chi connectivity index (χ4v) is 1.95. The van der Waals surface area contributed by atoms with Crippen LogP contribution in [0.15, 0.2) is 29.2 Å². The summed E-state index contributed by atoms with van der Waals surface area (Å²) in [5.74, 6) is 0.744. The van der Waals surface area contributed by atoms with Crippen LogP contribution in [0.5, 0.6) is 5.75 Å². The number of likely N-dealkylation sites (N-methyl/N-ethyl adjacent to an activating group) is 1. The summed E-state index contributed by atoms with van der Waals surface area (Å²) < 4.78 is 5.69. The largest absolute Gasteiger partial charge is 0.492 e. The molecule has 0 unspecified atom stereocenters. The number of fused-ring (bicyclic) bond motifs is 1. The van der Waals surface area contributed by atoms with Crippen LogP contribution in [0.3, 0.4) is 0 Å². The number of pyridine rings is 1. The van der Waals surface area contributed by atoms with Gasteiger partial charge in [0.25, 0.3) is 5.56 Å². The third-order valence-electron chi connectivity index (χ3n) is 3.36. The zero-order chi connectivity index (χ0) is 13.8. The van der Waals surface area contributed by atoms with E-state index in [4.69, 9.17) is 4.74 Å². The number of nitrogens with one attached hydrogen (secondary N) is 1. The maximum Gasteiger partial charge on any atom is 0.255 e. The molecule has 2 rings (SSSR count). The van der Waals surface area contributed by atoms with Crippen molar-refractivity contribution in [3.63, 3.8) is 0 Å². The van der Waals surface area contributed by atoms with Gasteiger partial charge < -0.3 is 14.6 Å². The van der Waals surface area contributed by atoms with Gasteiger partial charge in [0.05, 0.1) is 5.39 Å². The highest BCUT2D eigenvalue weighted by Gasteiger charge is 2.04. The predicted octanol–water partition coefficient (Wildman–Crippen LogP) is 2.17. The summed E-state index contributed by atoms with van der Waals surface area (Å²) in [5, 5.41) is 1.66. The molecule has 0 aliphatic heterocycles. The smallest absolute Gasteiger partial charge is 0.255 e. The zero-order valence-corrected chi connectivity index (χ0v) is 11.7. The molecule has 0 saturated heterocycles. The lowest BCUT2D eigenvalue weighted by atomic mass is 10.1. The Kier molecular flexibility index (Phi) is 4.22. The van der Waals surface area contributed by atoms with E-state index in [1.165, 1.54) is 0 Å². The molecule has 0 aliphatic carbocycles. The van der Waals surface area contributed by atoms with Crippen molar-refractivity contribution in [2.75, 3.05) is 26.7 Å². The van der Waals surface area contributed by atoms with Crippen molar-refractivity contribution in [3.05, 3.63) is 40.3 Å². The van der Waals surface area contributed by atoms with Gasteiger partial charge in [-0.15, -0.1) is 0 Å². The molecule has 1 aromatic heterocycles. The fourth-order valence-electron chi connectivity index (χ4n) is 1.95. The molecule has 0 fully saturated rings. The molecular formula is C15H20N2O2. The Morgan fingerprint density at radius 3 is 2.84 bits per heavy atom. The maximum absolute atomic E-state index is 11.8. The summed E-state index contributed by atoms with van der Waals surface area (Å²) in [6.07, 6.45) is 1.74. The van der Waals surface area contributed by atoms with Gasteiger partial charge in [-0.1, -0.05) is 13.0 Å². The zero-order valence-electron chi connectivity index (χ0n) is 11.7. The number of benzene rings is 1. The molecule has 2 aromatic rings. The number of aryl methyl sites for hydroxylation is 1. The van der Waals surface area contributed by atoms with Crippen molar-refractivity contribution in [1.29, 1.82) is 0 Å². The summed E-state index contributed by atoms with van der Waals surface area (Å²) in [5.41, 5.74) is 0.989. The number of rotatable bonds is 5. The van der Waals surface area contributed by atoms with Crippen LogP contribution in [0.4, 0.5) is 0 Å². The number of aromatic amines is 1. The van der Waals surface area contributed by atoms with Gasteiger partial charge in [0.15, 0.2) is 0 Å². The first-order valence-corrected chi connectivity index (χ1v) is 6.55. The quantitative estimate of drug-likeness (QED) is 0.896. The molecule has 0 bridgehead atoms. The number of ether oxygens (including phenoxy) is 1. The molecule has 0 saturated carbocycles. The van der Waals surface area contributed by atoms with Crippen LogP contribution in [0.2, 0.25) is 0 Å². The third kappa shape index (κ3) is 3.15. The standard InChI is InChI=1S/C15H20N2O2/c1-4-17(3)7-8-19-12-5-6-13-11(2)10-16-15(18)14(13)9-12/h5-6,9-10H,4,7-8H2,1-3H3,(H,16,18). The van der Waals surface area contributed by atoms with Gasteiger partial charge >= 0.3 is 0 Å². The predicted molar refractivity (Wildman–Crippen MR) is 78.0 cm³/mol. The minimum absolute atomic E-state index is 0.0725. The van der Waals surface area contributed by atoms with E-state index in [2.05, 4.69) is 23.9 Å². The first-order valence-electron chi connectivity index (χ1n) is 6.55. The third-order valence-corrected chi connectivity index (χ3v) is 3.36. The Hall–Kier alpha value is -1.81. The fraction of sp³-hybridized carbons (Fsp3) is 0.400. The molecule has 0 atom stereocenters. The van der Waals surface area contributed by atoms with E-state index >= 15 is 0 Å². The van der Waals surface area contributed by atoms with Gasteiger partial charge in [-0.25, -0.2) is 0 Å². The van der Waals surface area contributed by atoms with Gasteiger partial charge in [0.1, 0.15) is 12.4 Å². The average molecular weight is 260 g/mol. The van der Waals surface area contributed by atoms with E-state index < -0.39 is 0 Å². The average Bonchev–Trinajstić information content (AvgIpc) is 2.43. The topological polar surface area (TPSA) is 45.3 Å². The van der Waals surface area contributed by atoms with Gasteiger partial charge in [0.2, 0.25) is 0 Å². The second kappa shape index (κ2) is 5.89. The van der Waals surface area contributed by atoms with E-state index in [-0.39, 0.29) is 5.56 Å². The Morgan fingerprint density at radius 2 is 2.11 bits per heavy atom.